The average Bonchev–Trinajstić information content (AvgIpc) is 2.74. The van der Waals surface area contributed by atoms with E-state index in [1.54, 1.807) is 35.2 Å². The molecule has 1 aliphatic rings. The second-order valence-electron chi connectivity index (χ2n) is 7.48. The molecule has 6 heteroatoms. The molecule has 1 amide bonds. The molecule has 0 radical (unpaired) electrons. The molecule has 29 heavy (non-hydrogen) atoms. The van der Waals surface area contributed by atoms with Crippen molar-refractivity contribution in [3.63, 3.8) is 0 Å². The molecule has 1 heterocycles. The molecule has 3 N–H and O–H groups in total. The quantitative estimate of drug-likeness (QED) is 0.651. The number of benzene rings is 2. The number of likely N-dealkylation sites (tertiary alicyclic amines) is 1. The summed E-state index contributed by atoms with van der Waals surface area (Å²) in [5.74, 6) is -0.750. The van der Waals surface area contributed by atoms with Crippen molar-refractivity contribution in [3.8, 4) is 11.5 Å². The Morgan fingerprint density at radius 3 is 2.28 bits per heavy atom. The summed E-state index contributed by atoms with van der Waals surface area (Å²) >= 11 is 0. The van der Waals surface area contributed by atoms with Crippen LogP contribution in [0.25, 0.3) is 0 Å². The number of rotatable bonds is 6. The maximum atomic E-state index is 13.1. The van der Waals surface area contributed by atoms with Crippen LogP contribution in [0.1, 0.15) is 46.8 Å². The van der Waals surface area contributed by atoms with Gasteiger partial charge in [-0.05, 0) is 36.3 Å². The molecule has 0 aliphatic carbocycles. The van der Waals surface area contributed by atoms with E-state index in [4.69, 9.17) is 0 Å². The molecule has 2 aromatic rings. The number of aromatic hydroxyl groups is 2. The summed E-state index contributed by atoms with van der Waals surface area (Å²) < 4.78 is 0. The Morgan fingerprint density at radius 1 is 1.03 bits per heavy atom. The topological polar surface area (TPSA) is 98.1 Å². The zero-order chi connectivity index (χ0) is 21.0. The van der Waals surface area contributed by atoms with Crippen LogP contribution in [0.4, 0.5) is 0 Å². The molecule has 6 nitrogen and oxygen atoms in total. The van der Waals surface area contributed by atoms with E-state index in [1.807, 2.05) is 6.92 Å². The van der Waals surface area contributed by atoms with E-state index >= 15 is 0 Å². The SMILES string of the molecule is CCc1c(O)cc(O)c(C(=O)c2ccccc2)c1CC(=O)N1CCC(CO)CC1. The largest absolute Gasteiger partial charge is 0.508 e. The molecule has 1 saturated heterocycles. The van der Waals surface area contributed by atoms with Crippen LogP contribution in [0.5, 0.6) is 11.5 Å². The Kier molecular flexibility index (Phi) is 6.54. The molecule has 0 spiro atoms. The van der Waals surface area contributed by atoms with Crippen LogP contribution < -0.4 is 0 Å². The molecule has 3 rings (SSSR count). The van der Waals surface area contributed by atoms with E-state index in [1.165, 1.54) is 6.07 Å². The van der Waals surface area contributed by atoms with Crippen molar-refractivity contribution in [2.75, 3.05) is 19.7 Å². The maximum Gasteiger partial charge on any atom is 0.227 e. The minimum absolute atomic E-state index is 0.0666. The molecule has 154 valence electrons. The van der Waals surface area contributed by atoms with Crippen LogP contribution in [0, 0.1) is 5.92 Å². The fourth-order valence-corrected chi connectivity index (χ4v) is 3.95. The van der Waals surface area contributed by atoms with E-state index in [2.05, 4.69) is 0 Å². The summed E-state index contributed by atoms with van der Waals surface area (Å²) in [6.45, 7) is 3.07. The highest BCUT2D eigenvalue weighted by Gasteiger charge is 2.28. The summed E-state index contributed by atoms with van der Waals surface area (Å²) in [4.78, 5) is 27.8. The van der Waals surface area contributed by atoms with Gasteiger partial charge in [-0.25, -0.2) is 0 Å². The van der Waals surface area contributed by atoms with Gasteiger partial charge in [0, 0.05) is 31.3 Å². The number of carbonyl (C=O) groups excluding carboxylic acids is 2. The van der Waals surface area contributed by atoms with Crippen LogP contribution in [-0.2, 0) is 17.6 Å². The van der Waals surface area contributed by atoms with Crippen LogP contribution in [0.15, 0.2) is 36.4 Å². The zero-order valence-electron chi connectivity index (χ0n) is 16.6. The van der Waals surface area contributed by atoms with Crippen molar-refractivity contribution in [2.45, 2.75) is 32.6 Å². The van der Waals surface area contributed by atoms with Gasteiger partial charge in [-0.2, -0.15) is 0 Å². The second kappa shape index (κ2) is 9.09. The number of ketones is 1. The number of piperidine rings is 1. The first kappa shape index (κ1) is 20.9. The Morgan fingerprint density at radius 2 is 1.69 bits per heavy atom. The number of phenols is 2. The van der Waals surface area contributed by atoms with Crippen LogP contribution >= 0.6 is 0 Å². The molecule has 0 atom stereocenters. The van der Waals surface area contributed by atoms with Gasteiger partial charge in [0.15, 0.2) is 5.78 Å². The summed E-state index contributed by atoms with van der Waals surface area (Å²) in [6, 6.07) is 9.77. The predicted molar refractivity (Wildman–Crippen MR) is 109 cm³/mol. The zero-order valence-corrected chi connectivity index (χ0v) is 16.6. The third-order valence-electron chi connectivity index (χ3n) is 5.67. The molecule has 0 aromatic heterocycles. The first-order chi connectivity index (χ1) is 14.0. The standard InChI is InChI=1S/C23H27NO5/c1-2-17-18(12-21(28)24-10-8-15(14-25)9-11-24)22(20(27)13-19(17)26)23(29)16-6-4-3-5-7-16/h3-7,13,15,25-27H,2,8-12,14H2,1H3. The van der Waals surface area contributed by atoms with Crippen molar-refractivity contribution in [3.05, 3.63) is 58.7 Å². The van der Waals surface area contributed by atoms with Gasteiger partial charge < -0.3 is 20.2 Å². The van der Waals surface area contributed by atoms with Crippen molar-refractivity contribution in [2.24, 2.45) is 5.92 Å². The third kappa shape index (κ3) is 4.43. The number of nitrogens with zero attached hydrogens (tertiary/aromatic N) is 1. The summed E-state index contributed by atoms with van der Waals surface area (Å²) in [6.07, 6.45) is 1.84. The highest BCUT2D eigenvalue weighted by atomic mass is 16.3. The lowest BCUT2D eigenvalue weighted by atomic mass is 9.89. The average molecular weight is 397 g/mol. The molecular formula is C23H27NO5. The molecule has 1 aliphatic heterocycles. The van der Waals surface area contributed by atoms with Gasteiger partial charge in [-0.15, -0.1) is 0 Å². The van der Waals surface area contributed by atoms with E-state index < -0.39 is 0 Å². The minimum Gasteiger partial charge on any atom is -0.508 e. The molecule has 0 saturated carbocycles. The van der Waals surface area contributed by atoms with Crippen molar-refractivity contribution < 1.29 is 24.9 Å². The van der Waals surface area contributed by atoms with E-state index in [0.29, 0.717) is 36.2 Å². The van der Waals surface area contributed by atoms with E-state index in [0.717, 1.165) is 12.8 Å². The summed E-state index contributed by atoms with van der Waals surface area (Å²) in [7, 11) is 0. The Bertz CT molecular complexity index is 886. The number of aliphatic hydroxyl groups is 1. The van der Waals surface area contributed by atoms with Gasteiger partial charge in [-0.3, -0.25) is 9.59 Å². The summed E-state index contributed by atoms with van der Waals surface area (Å²) in [5, 5.41) is 30.1. The van der Waals surface area contributed by atoms with Crippen molar-refractivity contribution in [1.82, 2.24) is 4.90 Å². The van der Waals surface area contributed by atoms with Gasteiger partial charge in [0.1, 0.15) is 11.5 Å². The van der Waals surface area contributed by atoms with Gasteiger partial charge in [0.05, 0.1) is 12.0 Å². The smallest absolute Gasteiger partial charge is 0.227 e. The number of carbonyl (C=O) groups is 2. The second-order valence-corrected chi connectivity index (χ2v) is 7.48. The van der Waals surface area contributed by atoms with Crippen LogP contribution in [0.3, 0.4) is 0 Å². The van der Waals surface area contributed by atoms with Crippen molar-refractivity contribution >= 4 is 11.7 Å². The van der Waals surface area contributed by atoms with E-state index in [-0.39, 0.29) is 47.7 Å². The Labute approximate surface area is 170 Å². The van der Waals surface area contributed by atoms with E-state index in [9.17, 15) is 24.9 Å². The first-order valence-electron chi connectivity index (χ1n) is 10.0. The lowest BCUT2D eigenvalue weighted by molar-refractivity contribution is -0.132. The van der Waals surface area contributed by atoms with Gasteiger partial charge in [-0.1, -0.05) is 37.3 Å². The number of hydrogen-bond donors (Lipinski definition) is 3. The Hall–Kier alpha value is -2.86. The monoisotopic (exact) mass is 397 g/mol. The Balaban J connectivity index is 1.96. The lowest BCUT2D eigenvalue weighted by Gasteiger charge is -2.31. The summed E-state index contributed by atoms with van der Waals surface area (Å²) in [5.41, 5.74) is 1.37. The maximum absolute atomic E-state index is 13.1. The third-order valence-corrected chi connectivity index (χ3v) is 5.67. The predicted octanol–water partition coefficient (Wildman–Crippen LogP) is 2.66. The molecular weight excluding hydrogens is 370 g/mol. The highest BCUT2D eigenvalue weighted by Crippen LogP contribution is 2.35. The normalized spacial score (nSPS) is 14.8. The number of phenolic OH excluding ortho intramolecular Hbond substituents is 2. The number of hydrogen-bond acceptors (Lipinski definition) is 5. The molecule has 0 unspecified atom stereocenters. The molecule has 1 fully saturated rings. The molecule has 0 bridgehead atoms. The fraction of sp³-hybridized carbons (Fsp3) is 0.391. The lowest BCUT2D eigenvalue weighted by Crippen LogP contribution is -2.40. The highest BCUT2D eigenvalue weighted by molar-refractivity contribution is 6.12. The molecule has 2 aromatic carbocycles. The van der Waals surface area contributed by atoms with Crippen molar-refractivity contribution in [1.29, 1.82) is 0 Å². The minimum atomic E-state index is -0.375. The van der Waals surface area contributed by atoms with Gasteiger partial charge >= 0.3 is 0 Å². The number of amides is 1. The number of aliphatic hydroxyl groups excluding tert-OH is 1. The van der Waals surface area contributed by atoms with Gasteiger partial charge in [0.2, 0.25) is 5.91 Å². The van der Waals surface area contributed by atoms with Gasteiger partial charge in [0.25, 0.3) is 0 Å². The van der Waals surface area contributed by atoms with Crippen LogP contribution in [0.2, 0.25) is 0 Å². The first-order valence-corrected chi connectivity index (χ1v) is 10.0. The van der Waals surface area contributed by atoms with Crippen LogP contribution in [-0.4, -0.2) is 51.6 Å². The fourth-order valence-electron chi connectivity index (χ4n) is 3.95.